The minimum Gasteiger partial charge on any atom is -0.369 e. The lowest BCUT2D eigenvalue weighted by Gasteiger charge is -2.38. The van der Waals surface area contributed by atoms with Gasteiger partial charge < -0.3 is 5.73 Å². The van der Waals surface area contributed by atoms with Gasteiger partial charge in [-0.1, -0.05) is 78.9 Å². The second-order valence-electron chi connectivity index (χ2n) is 5.89. The molecule has 4 rings (SSSR count). The summed E-state index contributed by atoms with van der Waals surface area (Å²) in [7, 11) is 0. The zero-order chi connectivity index (χ0) is 17.3. The maximum Gasteiger partial charge on any atom is 0.284 e. The number of nitrogens with two attached hydrogens (primary N) is 1. The summed E-state index contributed by atoms with van der Waals surface area (Å²) in [5, 5.41) is 0. The fraction of sp³-hybridized carbons (Fsp3) is 0.0476. The van der Waals surface area contributed by atoms with Crippen molar-refractivity contribution in [2.45, 2.75) is 5.54 Å². The van der Waals surface area contributed by atoms with E-state index in [4.69, 9.17) is 5.73 Å². The average molecular weight is 327 g/mol. The van der Waals surface area contributed by atoms with E-state index < -0.39 is 5.54 Å². The van der Waals surface area contributed by atoms with Crippen molar-refractivity contribution in [1.82, 2.24) is 0 Å². The third kappa shape index (κ3) is 2.22. The van der Waals surface area contributed by atoms with E-state index in [1.165, 1.54) is 0 Å². The lowest BCUT2D eigenvalue weighted by atomic mass is 9.81. The van der Waals surface area contributed by atoms with Gasteiger partial charge in [-0.3, -0.25) is 9.69 Å². The van der Waals surface area contributed by atoms with Crippen LogP contribution in [-0.2, 0) is 10.3 Å². The molecule has 1 aliphatic rings. The van der Waals surface area contributed by atoms with Crippen LogP contribution in [0.25, 0.3) is 0 Å². The molecule has 0 atom stereocenters. The Hall–Kier alpha value is -3.40. The molecule has 4 heteroatoms. The molecular formula is C21H17N3O. The van der Waals surface area contributed by atoms with E-state index in [0.29, 0.717) is 0 Å². The van der Waals surface area contributed by atoms with Crippen molar-refractivity contribution in [1.29, 1.82) is 0 Å². The van der Waals surface area contributed by atoms with E-state index in [9.17, 15) is 4.79 Å². The molecule has 0 bridgehead atoms. The van der Waals surface area contributed by atoms with Gasteiger partial charge in [-0.15, -0.1) is 0 Å². The van der Waals surface area contributed by atoms with Gasteiger partial charge in [0.25, 0.3) is 5.91 Å². The molecule has 2 N–H and O–H groups in total. The second kappa shape index (κ2) is 5.91. The highest BCUT2D eigenvalue weighted by Gasteiger charge is 2.53. The molecule has 0 aliphatic carbocycles. The summed E-state index contributed by atoms with van der Waals surface area (Å²) in [4.78, 5) is 19.1. The van der Waals surface area contributed by atoms with Crippen LogP contribution >= 0.6 is 0 Å². The van der Waals surface area contributed by atoms with Gasteiger partial charge in [-0.2, -0.15) is 4.99 Å². The summed E-state index contributed by atoms with van der Waals surface area (Å²) in [5.41, 5.74) is 7.59. The third-order valence-corrected chi connectivity index (χ3v) is 4.49. The lowest BCUT2D eigenvalue weighted by Crippen LogP contribution is -2.52. The number of rotatable bonds is 3. The number of aliphatic imine (C=N–C) groups is 1. The van der Waals surface area contributed by atoms with Gasteiger partial charge in [0, 0.05) is 5.69 Å². The smallest absolute Gasteiger partial charge is 0.284 e. The molecule has 1 amide bonds. The van der Waals surface area contributed by atoms with Crippen LogP contribution in [0.4, 0.5) is 5.69 Å². The van der Waals surface area contributed by atoms with E-state index in [2.05, 4.69) is 4.99 Å². The monoisotopic (exact) mass is 327 g/mol. The van der Waals surface area contributed by atoms with E-state index in [-0.39, 0.29) is 11.9 Å². The fourth-order valence-corrected chi connectivity index (χ4v) is 3.44. The molecule has 122 valence electrons. The molecule has 25 heavy (non-hydrogen) atoms. The van der Waals surface area contributed by atoms with Crippen molar-refractivity contribution < 1.29 is 4.79 Å². The Balaban J connectivity index is 2.04. The van der Waals surface area contributed by atoms with Crippen LogP contribution in [0.1, 0.15) is 11.1 Å². The maximum absolute atomic E-state index is 13.2. The number of guanidine groups is 1. The van der Waals surface area contributed by atoms with Crippen molar-refractivity contribution in [2.24, 2.45) is 10.7 Å². The number of hydrogen-bond donors (Lipinski definition) is 1. The van der Waals surface area contributed by atoms with Gasteiger partial charge in [0.1, 0.15) is 0 Å². The van der Waals surface area contributed by atoms with Crippen LogP contribution in [0.5, 0.6) is 0 Å². The zero-order valence-electron chi connectivity index (χ0n) is 13.5. The van der Waals surface area contributed by atoms with Crippen LogP contribution in [0.2, 0.25) is 0 Å². The largest absolute Gasteiger partial charge is 0.369 e. The average Bonchev–Trinajstić information content (AvgIpc) is 2.94. The first-order chi connectivity index (χ1) is 12.2. The minimum absolute atomic E-state index is 0.198. The zero-order valence-corrected chi connectivity index (χ0v) is 13.5. The Morgan fingerprint density at radius 2 is 1.16 bits per heavy atom. The molecule has 3 aromatic rings. The summed E-state index contributed by atoms with van der Waals surface area (Å²) in [6.45, 7) is 0. The first-order valence-electron chi connectivity index (χ1n) is 8.09. The molecule has 0 saturated heterocycles. The summed E-state index contributed by atoms with van der Waals surface area (Å²) in [6, 6.07) is 28.9. The van der Waals surface area contributed by atoms with E-state index in [1.54, 1.807) is 0 Å². The first-order valence-corrected chi connectivity index (χ1v) is 8.09. The molecule has 0 fully saturated rings. The Labute approximate surface area is 146 Å². The molecule has 0 saturated carbocycles. The first kappa shape index (κ1) is 15.1. The third-order valence-electron chi connectivity index (χ3n) is 4.49. The molecular weight excluding hydrogens is 310 g/mol. The van der Waals surface area contributed by atoms with E-state index in [1.807, 2.05) is 95.9 Å². The topological polar surface area (TPSA) is 58.7 Å². The van der Waals surface area contributed by atoms with Crippen molar-refractivity contribution in [3.63, 3.8) is 0 Å². The molecule has 0 spiro atoms. The molecule has 3 aromatic carbocycles. The number of anilines is 1. The fourth-order valence-electron chi connectivity index (χ4n) is 3.44. The summed E-state index contributed by atoms with van der Waals surface area (Å²) >= 11 is 0. The highest BCUT2D eigenvalue weighted by molar-refractivity contribution is 6.17. The number of nitrogens with zero attached hydrogens (tertiary/aromatic N) is 2. The molecule has 0 unspecified atom stereocenters. The van der Waals surface area contributed by atoms with Crippen LogP contribution in [0.3, 0.4) is 0 Å². The molecule has 1 aliphatic heterocycles. The predicted molar refractivity (Wildman–Crippen MR) is 99.2 cm³/mol. The van der Waals surface area contributed by atoms with Crippen LogP contribution in [-0.4, -0.2) is 11.9 Å². The summed E-state index contributed by atoms with van der Waals surface area (Å²) in [5.74, 6) is -0.0878. The van der Waals surface area contributed by atoms with Gasteiger partial charge in [0.2, 0.25) is 5.96 Å². The Morgan fingerprint density at radius 1 is 0.720 bits per heavy atom. The molecule has 4 nitrogen and oxygen atoms in total. The highest BCUT2D eigenvalue weighted by atomic mass is 16.2. The number of hydrogen-bond acceptors (Lipinski definition) is 3. The van der Waals surface area contributed by atoms with E-state index in [0.717, 1.165) is 16.8 Å². The van der Waals surface area contributed by atoms with Gasteiger partial charge in [0.05, 0.1) is 0 Å². The number of para-hydroxylation sites is 1. The van der Waals surface area contributed by atoms with Crippen molar-refractivity contribution in [2.75, 3.05) is 4.90 Å². The maximum atomic E-state index is 13.2. The van der Waals surface area contributed by atoms with Crippen LogP contribution < -0.4 is 10.6 Å². The number of carbonyl (C=O) groups excluding carboxylic acids is 1. The van der Waals surface area contributed by atoms with Crippen molar-refractivity contribution in [3.05, 3.63) is 102 Å². The highest BCUT2D eigenvalue weighted by Crippen LogP contribution is 2.43. The Morgan fingerprint density at radius 3 is 1.64 bits per heavy atom. The predicted octanol–water partition coefficient (Wildman–Crippen LogP) is 3.29. The minimum atomic E-state index is -1.10. The van der Waals surface area contributed by atoms with Crippen LogP contribution in [0, 0.1) is 0 Å². The summed E-state index contributed by atoms with van der Waals surface area (Å²) < 4.78 is 0. The number of amides is 1. The normalized spacial score (nSPS) is 15.9. The SMILES string of the molecule is NC1=NC(=O)C(c2ccccc2)(c2ccccc2)N1c1ccccc1. The van der Waals surface area contributed by atoms with Crippen molar-refractivity contribution in [3.8, 4) is 0 Å². The summed E-state index contributed by atoms with van der Waals surface area (Å²) in [6.07, 6.45) is 0. The molecule has 1 heterocycles. The van der Waals surface area contributed by atoms with E-state index >= 15 is 0 Å². The van der Waals surface area contributed by atoms with Gasteiger partial charge in [0.15, 0.2) is 5.54 Å². The quantitative estimate of drug-likeness (QED) is 0.803. The molecule has 0 radical (unpaired) electrons. The van der Waals surface area contributed by atoms with Gasteiger partial charge in [-0.05, 0) is 23.3 Å². The van der Waals surface area contributed by atoms with Crippen LogP contribution in [0.15, 0.2) is 96.0 Å². The Bertz CT molecular complexity index is 882. The number of carbonyl (C=O) groups is 1. The molecule has 0 aromatic heterocycles. The van der Waals surface area contributed by atoms with Gasteiger partial charge >= 0.3 is 0 Å². The second-order valence-corrected chi connectivity index (χ2v) is 5.89. The Kier molecular flexibility index (Phi) is 3.58. The lowest BCUT2D eigenvalue weighted by molar-refractivity contribution is -0.120. The van der Waals surface area contributed by atoms with Gasteiger partial charge in [-0.25, -0.2) is 0 Å². The number of benzene rings is 3. The standard InChI is InChI=1S/C21H17N3O/c22-20-23-19(25)21(16-10-4-1-5-11-16,17-12-6-2-7-13-17)24(20)18-14-8-3-9-15-18/h1-15H,(H2,22,23,25). The van der Waals surface area contributed by atoms with Crippen molar-refractivity contribution >= 4 is 17.6 Å².